The molecule has 0 radical (unpaired) electrons. The number of amides is 2. The molecule has 9 nitrogen and oxygen atoms in total. The first kappa shape index (κ1) is 23.1. The van der Waals surface area contributed by atoms with Crippen molar-refractivity contribution < 1.29 is 23.5 Å². The van der Waals surface area contributed by atoms with E-state index in [1.165, 1.54) is 23.5 Å². The van der Waals surface area contributed by atoms with Crippen LogP contribution in [-0.4, -0.2) is 66.1 Å². The molecule has 1 fully saturated rings. The van der Waals surface area contributed by atoms with Gasteiger partial charge in [0.25, 0.3) is 5.91 Å². The number of ether oxygens (including phenoxy) is 2. The Morgan fingerprint density at radius 1 is 1.03 bits per heavy atom. The summed E-state index contributed by atoms with van der Waals surface area (Å²) in [6.07, 6.45) is 0. The van der Waals surface area contributed by atoms with Gasteiger partial charge in [0, 0.05) is 43.8 Å². The van der Waals surface area contributed by atoms with Crippen molar-refractivity contribution in [1.82, 2.24) is 20.1 Å². The molecule has 11 heteroatoms. The Morgan fingerprint density at radius 2 is 1.80 bits per heavy atom. The molecule has 2 amide bonds. The third-order valence-electron chi connectivity index (χ3n) is 5.77. The lowest BCUT2D eigenvalue weighted by Crippen LogP contribution is -2.51. The minimum Gasteiger partial charge on any atom is -0.454 e. The van der Waals surface area contributed by atoms with Gasteiger partial charge in [0.05, 0.1) is 6.54 Å². The molecule has 3 heterocycles. The van der Waals surface area contributed by atoms with Crippen molar-refractivity contribution in [3.8, 4) is 11.5 Å². The Labute approximate surface area is 205 Å². The predicted octanol–water partition coefficient (Wildman–Crippen LogP) is 2.83. The molecule has 182 valence electrons. The molecule has 2 aromatic carbocycles. The smallest absolute Gasteiger partial charge is 0.273 e. The van der Waals surface area contributed by atoms with Gasteiger partial charge in [-0.2, -0.15) is 0 Å². The maximum Gasteiger partial charge on any atom is 0.273 e. The molecule has 0 atom stereocenters. The lowest BCUT2D eigenvalue weighted by molar-refractivity contribution is -0.122. The number of carbonyl (C=O) groups is 2. The molecule has 2 aliphatic rings. The van der Waals surface area contributed by atoms with Gasteiger partial charge in [-0.15, -0.1) is 11.3 Å². The number of hydrogen-bond donors (Lipinski definition) is 2. The van der Waals surface area contributed by atoms with E-state index in [2.05, 4.69) is 15.6 Å². The summed E-state index contributed by atoms with van der Waals surface area (Å²) in [4.78, 5) is 33.4. The summed E-state index contributed by atoms with van der Waals surface area (Å²) in [6, 6.07) is 11.6. The van der Waals surface area contributed by atoms with Gasteiger partial charge in [0.1, 0.15) is 11.5 Å². The van der Waals surface area contributed by atoms with Crippen molar-refractivity contribution in [2.45, 2.75) is 6.54 Å². The number of hydrogen-bond acceptors (Lipinski definition) is 8. The van der Waals surface area contributed by atoms with Crippen molar-refractivity contribution in [2.75, 3.05) is 44.8 Å². The van der Waals surface area contributed by atoms with Gasteiger partial charge in [-0.25, -0.2) is 9.37 Å². The van der Waals surface area contributed by atoms with E-state index in [9.17, 15) is 14.0 Å². The molecule has 0 bridgehead atoms. The summed E-state index contributed by atoms with van der Waals surface area (Å²) in [5, 5.41) is 8.29. The van der Waals surface area contributed by atoms with Crippen molar-refractivity contribution in [1.29, 1.82) is 0 Å². The highest BCUT2D eigenvalue weighted by Crippen LogP contribution is 2.32. The number of nitrogens with zero attached hydrogens (tertiary/aromatic N) is 3. The summed E-state index contributed by atoms with van der Waals surface area (Å²) in [6.45, 7) is 3.15. The Hall–Kier alpha value is -3.70. The first-order valence-corrected chi connectivity index (χ1v) is 12.1. The number of benzene rings is 2. The van der Waals surface area contributed by atoms with Crippen LogP contribution in [0.5, 0.6) is 11.5 Å². The molecule has 3 aromatic rings. The van der Waals surface area contributed by atoms with E-state index in [0.717, 1.165) is 5.56 Å². The highest BCUT2D eigenvalue weighted by Gasteiger charge is 2.25. The lowest BCUT2D eigenvalue weighted by Gasteiger charge is -2.33. The summed E-state index contributed by atoms with van der Waals surface area (Å²) in [7, 11) is 0. The quantitative estimate of drug-likeness (QED) is 0.518. The van der Waals surface area contributed by atoms with Gasteiger partial charge in [-0.1, -0.05) is 6.07 Å². The summed E-state index contributed by atoms with van der Waals surface area (Å²) >= 11 is 1.32. The average molecular weight is 498 g/mol. The van der Waals surface area contributed by atoms with Gasteiger partial charge in [0.15, 0.2) is 16.6 Å². The normalized spacial score (nSPS) is 15.2. The van der Waals surface area contributed by atoms with Crippen molar-refractivity contribution >= 4 is 34.0 Å². The largest absolute Gasteiger partial charge is 0.454 e. The molecule has 0 aliphatic carbocycles. The van der Waals surface area contributed by atoms with Crippen molar-refractivity contribution in [3.63, 3.8) is 0 Å². The van der Waals surface area contributed by atoms with Crippen LogP contribution in [0.1, 0.15) is 16.1 Å². The molecule has 0 spiro atoms. The number of anilines is 2. The molecular weight excluding hydrogens is 473 g/mol. The highest BCUT2D eigenvalue weighted by molar-refractivity contribution is 7.14. The topological polar surface area (TPSA) is 96.0 Å². The van der Waals surface area contributed by atoms with Crippen LogP contribution in [0.4, 0.5) is 15.2 Å². The van der Waals surface area contributed by atoms with Gasteiger partial charge >= 0.3 is 0 Å². The van der Waals surface area contributed by atoms with Crippen molar-refractivity contribution in [2.24, 2.45) is 0 Å². The SMILES string of the molecule is O=C(CN1CCN(C(=O)c2csc(Nc3ccc(F)cc3)n2)CC1)NCc1ccc2c(c1)OCO2. The monoisotopic (exact) mass is 497 g/mol. The third-order valence-corrected chi connectivity index (χ3v) is 6.53. The van der Waals surface area contributed by atoms with E-state index >= 15 is 0 Å². The summed E-state index contributed by atoms with van der Waals surface area (Å²) in [5.74, 6) is 0.882. The zero-order valence-electron chi connectivity index (χ0n) is 18.8. The van der Waals surface area contributed by atoms with E-state index in [1.807, 2.05) is 23.1 Å². The number of rotatable bonds is 7. The predicted molar refractivity (Wildman–Crippen MR) is 129 cm³/mol. The first-order chi connectivity index (χ1) is 17.0. The number of nitrogens with one attached hydrogen (secondary N) is 2. The molecule has 0 unspecified atom stereocenters. The maximum atomic E-state index is 13.1. The number of carbonyl (C=O) groups excluding carboxylic acids is 2. The van der Waals surface area contributed by atoms with E-state index < -0.39 is 0 Å². The average Bonchev–Trinajstić information content (AvgIpc) is 3.53. The maximum absolute atomic E-state index is 13.1. The molecule has 35 heavy (non-hydrogen) atoms. The van der Waals surface area contributed by atoms with Crippen LogP contribution >= 0.6 is 11.3 Å². The molecule has 1 aromatic heterocycles. The lowest BCUT2D eigenvalue weighted by atomic mass is 10.2. The van der Waals surface area contributed by atoms with Gasteiger partial charge in [-0.05, 0) is 42.0 Å². The third kappa shape index (κ3) is 5.69. The van der Waals surface area contributed by atoms with Crippen LogP contribution in [-0.2, 0) is 11.3 Å². The van der Waals surface area contributed by atoms with Crippen LogP contribution in [0.2, 0.25) is 0 Å². The Bertz CT molecular complexity index is 1210. The van der Waals surface area contributed by atoms with Crippen LogP contribution in [0.3, 0.4) is 0 Å². The fourth-order valence-electron chi connectivity index (χ4n) is 3.87. The molecule has 5 rings (SSSR count). The van der Waals surface area contributed by atoms with E-state index in [1.54, 1.807) is 22.4 Å². The summed E-state index contributed by atoms with van der Waals surface area (Å²) in [5.41, 5.74) is 2.01. The molecule has 1 saturated heterocycles. The minimum absolute atomic E-state index is 0.0709. The van der Waals surface area contributed by atoms with E-state index in [4.69, 9.17) is 9.47 Å². The molecule has 0 saturated carbocycles. The minimum atomic E-state index is -0.313. The van der Waals surface area contributed by atoms with Gasteiger partial charge in [0.2, 0.25) is 12.7 Å². The van der Waals surface area contributed by atoms with Crippen molar-refractivity contribution in [3.05, 3.63) is 64.9 Å². The van der Waals surface area contributed by atoms with E-state index in [0.29, 0.717) is 60.7 Å². The second-order valence-corrected chi connectivity index (χ2v) is 9.06. The molecule has 2 aliphatic heterocycles. The molecule has 2 N–H and O–H groups in total. The van der Waals surface area contributed by atoms with Crippen LogP contribution < -0.4 is 20.1 Å². The zero-order chi connectivity index (χ0) is 24.2. The Morgan fingerprint density at radius 3 is 2.60 bits per heavy atom. The van der Waals surface area contributed by atoms with Crippen LogP contribution in [0.15, 0.2) is 47.8 Å². The van der Waals surface area contributed by atoms with Gasteiger partial charge in [-0.3, -0.25) is 14.5 Å². The first-order valence-electron chi connectivity index (χ1n) is 11.2. The Balaban J connectivity index is 1.06. The number of fused-ring (bicyclic) bond motifs is 1. The second-order valence-electron chi connectivity index (χ2n) is 8.20. The van der Waals surface area contributed by atoms with E-state index in [-0.39, 0.29) is 31.0 Å². The van der Waals surface area contributed by atoms with Crippen LogP contribution in [0, 0.1) is 5.82 Å². The number of halogens is 1. The fraction of sp³-hybridized carbons (Fsp3) is 0.292. The fourth-order valence-corrected chi connectivity index (χ4v) is 4.57. The highest BCUT2D eigenvalue weighted by atomic mass is 32.1. The molecular formula is C24H24FN5O4S. The number of thiazole rings is 1. The Kier molecular flexibility index (Phi) is 6.77. The standard InChI is InChI=1S/C24H24FN5O4S/c25-17-2-4-18(5-3-17)27-24-28-19(14-35-24)23(32)30-9-7-29(8-10-30)13-22(31)26-12-16-1-6-20-21(11-16)34-15-33-20/h1-6,11,14H,7-10,12-13,15H2,(H,26,31)(H,27,28). The second kappa shape index (κ2) is 10.3. The summed E-state index contributed by atoms with van der Waals surface area (Å²) < 4.78 is 23.7. The number of piperazine rings is 1. The van der Waals surface area contributed by atoms with Gasteiger partial charge < -0.3 is 25.0 Å². The zero-order valence-corrected chi connectivity index (χ0v) is 19.6. The number of aromatic nitrogens is 1. The van der Waals surface area contributed by atoms with Crippen LogP contribution in [0.25, 0.3) is 0 Å².